The molecular formula is C45H28N4. The first-order chi connectivity index (χ1) is 24.2. The van der Waals surface area contributed by atoms with Crippen LogP contribution in [-0.2, 0) is 0 Å². The zero-order chi connectivity index (χ0) is 33.2. The van der Waals surface area contributed by atoms with Crippen LogP contribution < -0.4 is 4.90 Å². The molecule has 0 unspecified atom stereocenters. The van der Waals surface area contributed by atoms with Crippen molar-refractivity contribution < 1.29 is 0 Å². The number of nitriles is 1. The van der Waals surface area contributed by atoms with Crippen molar-refractivity contribution >= 4 is 44.3 Å². The molecule has 0 spiro atoms. The maximum atomic E-state index is 9.67. The zero-order valence-corrected chi connectivity index (χ0v) is 26.5. The minimum Gasteiger partial charge on any atom is -0.311 e. The van der Waals surface area contributed by atoms with Crippen molar-refractivity contribution in [3.8, 4) is 39.4 Å². The molecule has 0 aliphatic carbocycles. The summed E-state index contributed by atoms with van der Waals surface area (Å²) in [6.45, 7) is 7.62. The van der Waals surface area contributed by atoms with Crippen LogP contribution in [-0.4, -0.2) is 4.98 Å². The smallest absolute Gasteiger partial charge is 0.194 e. The van der Waals surface area contributed by atoms with Gasteiger partial charge in [-0.1, -0.05) is 103 Å². The summed E-state index contributed by atoms with van der Waals surface area (Å²) in [6, 6.07) is 56.3. The first kappa shape index (κ1) is 29.4. The number of pyridine rings is 1. The molecule has 49 heavy (non-hydrogen) atoms. The quantitative estimate of drug-likeness (QED) is 0.173. The highest BCUT2D eigenvalue weighted by atomic mass is 15.1. The molecule has 7 aromatic carbocycles. The van der Waals surface area contributed by atoms with Crippen LogP contribution in [0.4, 0.5) is 22.7 Å². The molecule has 0 saturated carbocycles. The molecule has 8 rings (SSSR count). The Labute approximate surface area is 285 Å². The fourth-order valence-corrected chi connectivity index (χ4v) is 6.66. The fourth-order valence-electron chi connectivity index (χ4n) is 6.66. The van der Waals surface area contributed by atoms with Crippen LogP contribution in [0, 0.1) is 17.9 Å². The second-order valence-electron chi connectivity index (χ2n) is 11.8. The van der Waals surface area contributed by atoms with Crippen molar-refractivity contribution in [3.05, 3.63) is 187 Å². The Kier molecular flexibility index (Phi) is 7.59. The minimum atomic E-state index is 0.662. The van der Waals surface area contributed by atoms with Crippen LogP contribution in [0.15, 0.2) is 170 Å². The third-order valence-corrected chi connectivity index (χ3v) is 9.08. The topological polar surface area (TPSA) is 44.3 Å². The summed E-state index contributed by atoms with van der Waals surface area (Å²) < 4.78 is 0. The van der Waals surface area contributed by atoms with Crippen LogP contribution >= 0.6 is 0 Å². The molecule has 8 aromatic rings. The van der Waals surface area contributed by atoms with E-state index in [0.717, 1.165) is 72.0 Å². The number of rotatable bonds is 6. The van der Waals surface area contributed by atoms with E-state index in [1.807, 2.05) is 85.2 Å². The van der Waals surface area contributed by atoms with E-state index in [-0.39, 0.29) is 0 Å². The van der Waals surface area contributed by atoms with Gasteiger partial charge in [0.15, 0.2) is 5.69 Å². The summed E-state index contributed by atoms with van der Waals surface area (Å²) in [4.78, 5) is 10.2. The molecule has 1 aromatic heterocycles. The molecule has 0 atom stereocenters. The van der Waals surface area contributed by atoms with Crippen molar-refractivity contribution in [2.24, 2.45) is 0 Å². The Morgan fingerprint density at radius 3 is 1.45 bits per heavy atom. The molecule has 0 amide bonds. The van der Waals surface area contributed by atoms with Gasteiger partial charge < -0.3 is 4.90 Å². The molecule has 0 saturated heterocycles. The normalized spacial score (nSPS) is 10.8. The molecule has 0 fully saturated rings. The first-order valence-electron chi connectivity index (χ1n) is 16.0. The van der Waals surface area contributed by atoms with E-state index in [0.29, 0.717) is 11.3 Å². The monoisotopic (exact) mass is 624 g/mol. The zero-order valence-electron chi connectivity index (χ0n) is 26.5. The highest BCUT2D eigenvalue weighted by molar-refractivity contribution is 6.04. The largest absolute Gasteiger partial charge is 0.311 e. The molecule has 1 heterocycles. The van der Waals surface area contributed by atoms with Crippen LogP contribution in [0.2, 0.25) is 0 Å². The predicted molar refractivity (Wildman–Crippen MR) is 201 cm³/mol. The summed E-state index contributed by atoms with van der Waals surface area (Å²) >= 11 is 0. The van der Waals surface area contributed by atoms with E-state index in [4.69, 9.17) is 6.57 Å². The number of benzene rings is 7. The SMILES string of the molecule is [C-]#[N+]c1ccc(-c2ccc(N(c3ccc(-c4ccncc4)cc3)c3ccc(-c4ccc(C#N)c5ccccc45)cc3)cc2)c2ccccc12. The van der Waals surface area contributed by atoms with Crippen LogP contribution in [0.1, 0.15) is 5.56 Å². The molecule has 4 nitrogen and oxygen atoms in total. The van der Waals surface area contributed by atoms with Gasteiger partial charge in [0.1, 0.15) is 0 Å². The first-order valence-corrected chi connectivity index (χ1v) is 16.0. The number of anilines is 3. The number of fused-ring (bicyclic) bond motifs is 2. The van der Waals surface area contributed by atoms with E-state index in [2.05, 4.69) is 106 Å². The van der Waals surface area contributed by atoms with Gasteiger partial charge in [-0.15, -0.1) is 0 Å². The maximum absolute atomic E-state index is 9.67. The van der Waals surface area contributed by atoms with Gasteiger partial charge in [-0.05, 0) is 104 Å². The summed E-state index contributed by atoms with van der Waals surface area (Å²) in [5.74, 6) is 0. The molecule has 0 N–H and O–H groups in total. The second kappa shape index (κ2) is 12.6. The van der Waals surface area contributed by atoms with Gasteiger partial charge in [0, 0.05) is 34.8 Å². The van der Waals surface area contributed by atoms with E-state index in [9.17, 15) is 5.26 Å². The van der Waals surface area contributed by atoms with E-state index in [1.165, 1.54) is 0 Å². The third kappa shape index (κ3) is 5.44. The molecule has 0 radical (unpaired) electrons. The Morgan fingerprint density at radius 1 is 0.469 bits per heavy atom. The van der Waals surface area contributed by atoms with Gasteiger partial charge in [0.2, 0.25) is 0 Å². The van der Waals surface area contributed by atoms with Crippen molar-refractivity contribution in [1.29, 1.82) is 5.26 Å². The van der Waals surface area contributed by atoms with E-state index >= 15 is 0 Å². The number of hydrogen-bond acceptors (Lipinski definition) is 3. The van der Waals surface area contributed by atoms with E-state index in [1.54, 1.807) is 0 Å². The lowest BCUT2D eigenvalue weighted by Crippen LogP contribution is -2.09. The number of nitrogens with zero attached hydrogens (tertiary/aromatic N) is 4. The van der Waals surface area contributed by atoms with Gasteiger partial charge in [-0.25, -0.2) is 4.85 Å². The maximum Gasteiger partial charge on any atom is 0.194 e. The highest BCUT2D eigenvalue weighted by Crippen LogP contribution is 2.40. The minimum absolute atomic E-state index is 0.662. The standard InChI is InChI=1S/C45H28N4/c1-47-45-25-24-41(43-8-4-5-9-44(43)45)34-14-21-38(22-15-34)49(36-17-10-31(11-18-36)32-26-28-48-29-27-32)37-19-12-33(13-20-37)40-23-16-35(30-46)39-6-2-3-7-42(39)40/h2-29H. The molecule has 0 bridgehead atoms. The Hall–Kier alpha value is -7.01. The second-order valence-corrected chi connectivity index (χ2v) is 11.8. The Bertz CT molecular complexity index is 2400. The average Bonchev–Trinajstić information content (AvgIpc) is 3.18. The van der Waals surface area contributed by atoms with Gasteiger partial charge in [-0.2, -0.15) is 5.26 Å². The van der Waals surface area contributed by atoms with E-state index < -0.39 is 0 Å². The van der Waals surface area contributed by atoms with Crippen molar-refractivity contribution in [2.45, 2.75) is 0 Å². The number of aromatic nitrogens is 1. The Balaban J connectivity index is 1.21. The van der Waals surface area contributed by atoms with Gasteiger partial charge in [-0.3, -0.25) is 4.98 Å². The summed E-state index contributed by atoms with van der Waals surface area (Å²) in [7, 11) is 0. The highest BCUT2D eigenvalue weighted by Gasteiger charge is 2.15. The van der Waals surface area contributed by atoms with Crippen molar-refractivity contribution in [3.63, 3.8) is 0 Å². The molecule has 0 aliphatic heterocycles. The molecule has 4 heteroatoms. The fraction of sp³-hybridized carbons (Fsp3) is 0. The van der Waals surface area contributed by atoms with Crippen molar-refractivity contribution in [1.82, 2.24) is 4.98 Å². The lowest BCUT2D eigenvalue weighted by atomic mass is 9.95. The summed E-state index contributed by atoms with van der Waals surface area (Å²) in [6.07, 6.45) is 3.63. The van der Waals surface area contributed by atoms with Crippen molar-refractivity contribution in [2.75, 3.05) is 4.90 Å². The molecule has 0 aliphatic rings. The predicted octanol–water partition coefficient (Wildman–Crippen LogP) is 12.3. The van der Waals surface area contributed by atoms with Gasteiger partial charge in [0.05, 0.1) is 18.2 Å². The van der Waals surface area contributed by atoms with Crippen LogP contribution in [0.3, 0.4) is 0 Å². The summed E-state index contributed by atoms with van der Waals surface area (Å²) in [5, 5.41) is 13.7. The van der Waals surface area contributed by atoms with Gasteiger partial charge in [0.25, 0.3) is 0 Å². The summed E-state index contributed by atoms with van der Waals surface area (Å²) in [5.41, 5.74) is 11.0. The molecular weight excluding hydrogens is 597 g/mol. The number of hydrogen-bond donors (Lipinski definition) is 0. The Morgan fingerprint density at radius 2 is 0.918 bits per heavy atom. The molecule has 228 valence electrons. The lowest BCUT2D eigenvalue weighted by Gasteiger charge is -2.26. The lowest BCUT2D eigenvalue weighted by molar-refractivity contribution is 1.28. The van der Waals surface area contributed by atoms with Gasteiger partial charge >= 0.3 is 0 Å². The van der Waals surface area contributed by atoms with Crippen LogP contribution in [0.25, 0.3) is 59.8 Å². The van der Waals surface area contributed by atoms with Crippen LogP contribution in [0.5, 0.6) is 0 Å². The average molecular weight is 625 g/mol. The third-order valence-electron chi connectivity index (χ3n) is 9.08.